The van der Waals surface area contributed by atoms with Crippen molar-refractivity contribution in [2.45, 2.75) is 31.9 Å². The molecule has 1 N–H and O–H groups in total. The molecular weight excluding hydrogens is 272 g/mol. The molecular formula is C14H20N4O3. The average Bonchev–Trinajstić information content (AvgIpc) is 2.92. The van der Waals surface area contributed by atoms with Crippen LogP contribution in [-0.4, -0.2) is 70.2 Å². The molecule has 2 aliphatic rings. The maximum atomic E-state index is 12.4. The Morgan fingerprint density at radius 3 is 2.86 bits per heavy atom. The lowest BCUT2D eigenvalue weighted by molar-refractivity contribution is -0.144. The van der Waals surface area contributed by atoms with E-state index in [0.29, 0.717) is 31.9 Å². The molecule has 0 radical (unpaired) electrons. The van der Waals surface area contributed by atoms with Gasteiger partial charge in [0, 0.05) is 32.8 Å². The van der Waals surface area contributed by atoms with Crippen molar-refractivity contribution in [3.8, 4) is 0 Å². The fourth-order valence-corrected chi connectivity index (χ4v) is 3.22. The van der Waals surface area contributed by atoms with Crippen molar-refractivity contribution in [2.75, 3.05) is 26.2 Å². The molecule has 0 unspecified atom stereocenters. The predicted molar refractivity (Wildman–Crippen MR) is 74.6 cm³/mol. The van der Waals surface area contributed by atoms with Gasteiger partial charge >= 0.3 is 0 Å². The van der Waals surface area contributed by atoms with Gasteiger partial charge in [0.2, 0.25) is 5.91 Å². The van der Waals surface area contributed by atoms with Gasteiger partial charge < -0.3 is 14.5 Å². The van der Waals surface area contributed by atoms with Crippen molar-refractivity contribution >= 4 is 11.8 Å². The maximum absolute atomic E-state index is 12.4. The summed E-state index contributed by atoms with van der Waals surface area (Å²) in [5.41, 5.74) is 0.504. The zero-order valence-corrected chi connectivity index (χ0v) is 12.1. The average molecular weight is 292 g/mol. The Balaban J connectivity index is 1.71. The van der Waals surface area contributed by atoms with E-state index in [1.165, 1.54) is 0 Å². The Morgan fingerprint density at radius 2 is 2.14 bits per heavy atom. The SMILES string of the molecule is CC(=O)N1CCO[C@@H]2CCN(C(=O)c3ccn[nH]3)CC[C@@H]21. The van der Waals surface area contributed by atoms with Gasteiger partial charge in [-0.05, 0) is 18.9 Å². The zero-order chi connectivity index (χ0) is 14.8. The highest BCUT2D eigenvalue weighted by atomic mass is 16.5. The Morgan fingerprint density at radius 1 is 1.33 bits per heavy atom. The van der Waals surface area contributed by atoms with Crippen molar-refractivity contribution in [2.24, 2.45) is 0 Å². The number of carbonyl (C=O) groups is 2. The molecule has 3 heterocycles. The number of nitrogens with one attached hydrogen (secondary N) is 1. The van der Waals surface area contributed by atoms with Crippen molar-refractivity contribution in [3.05, 3.63) is 18.0 Å². The highest BCUT2D eigenvalue weighted by Crippen LogP contribution is 2.24. The number of ether oxygens (including phenoxy) is 1. The molecule has 3 rings (SSSR count). The summed E-state index contributed by atoms with van der Waals surface area (Å²) in [7, 11) is 0. The van der Waals surface area contributed by atoms with Gasteiger partial charge in [0.25, 0.3) is 5.91 Å². The van der Waals surface area contributed by atoms with E-state index in [2.05, 4.69) is 10.2 Å². The summed E-state index contributed by atoms with van der Waals surface area (Å²) in [4.78, 5) is 27.8. The summed E-state index contributed by atoms with van der Waals surface area (Å²) in [6.45, 7) is 4.10. The summed E-state index contributed by atoms with van der Waals surface area (Å²) < 4.78 is 5.81. The molecule has 1 aromatic heterocycles. The highest BCUT2D eigenvalue weighted by Gasteiger charge is 2.36. The van der Waals surface area contributed by atoms with E-state index >= 15 is 0 Å². The lowest BCUT2D eigenvalue weighted by Gasteiger charge is -2.39. The Kier molecular flexibility index (Phi) is 3.92. The van der Waals surface area contributed by atoms with Crippen LogP contribution in [0.25, 0.3) is 0 Å². The second-order valence-electron chi connectivity index (χ2n) is 5.53. The predicted octanol–water partition coefficient (Wildman–Crippen LogP) is 0.262. The van der Waals surface area contributed by atoms with E-state index in [9.17, 15) is 9.59 Å². The van der Waals surface area contributed by atoms with Crippen molar-refractivity contribution in [1.29, 1.82) is 0 Å². The first-order valence-electron chi connectivity index (χ1n) is 7.34. The van der Waals surface area contributed by atoms with Crippen molar-refractivity contribution < 1.29 is 14.3 Å². The van der Waals surface area contributed by atoms with E-state index in [1.54, 1.807) is 19.2 Å². The third-order valence-electron chi connectivity index (χ3n) is 4.29. The fraction of sp³-hybridized carbons (Fsp3) is 0.643. The third kappa shape index (κ3) is 2.78. The minimum atomic E-state index is -0.0412. The first kappa shape index (κ1) is 14.1. The van der Waals surface area contributed by atoms with Crippen molar-refractivity contribution in [3.63, 3.8) is 0 Å². The van der Waals surface area contributed by atoms with E-state index < -0.39 is 0 Å². The molecule has 1 aromatic rings. The van der Waals surface area contributed by atoms with Crippen LogP contribution in [-0.2, 0) is 9.53 Å². The monoisotopic (exact) mass is 292 g/mol. The molecule has 2 fully saturated rings. The van der Waals surface area contributed by atoms with Gasteiger partial charge in [-0.15, -0.1) is 0 Å². The molecule has 0 spiro atoms. The van der Waals surface area contributed by atoms with Gasteiger partial charge in [0.05, 0.1) is 18.8 Å². The molecule has 0 aromatic carbocycles. The number of hydrogen-bond acceptors (Lipinski definition) is 4. The minimum absolute atomic E-state index is 0.0298. The van der Waals surface area contributed by atoms with Gasteiger partial charge in [-0.2, -0.15) is 5.10 Å². The number of aromatic nitrogens is 2. The molecule has 2 amide bonds. The van der Waals surface area contributed by atoms with Gasteiger partial charge in [0.1, 0.15) is 5.69 Å². The molecule has 0 aliphatic carbocycles. The van der Waals surface area contributed by atoms with Crippen LogP contribution in [0.5, 0.6) is 0 Å². The Hall–Kier alpha value is -1.89. The van der Waals surface area contributed by atoms with E-state index in [4.69, 9.17) is 4.74 Å². The zero-order valence-electron chi connectivity index (χ0n) is 12.1. The van der Waals surface area contributed by atoms with Crippen LogP contribution in [0.2, 0.25) is 0 Å². The van der Waals surface area contributed by atoms with Crippen LogP contribution in [0.4, 0.5) is 0 Å². The van der Waals surface area contributed by atoms with Crippen LogP contribution in [0.1, 0.15) is 30.3 Å². The highest BCUT2D eigenvalue weighted by molar-refractivity contribution is 5.92. The van der Waals surface area contributed by atoms with Crippen LogP contribution in [0, 0.1) is 0 Å². The lowest BCUT2D eigenvalue weighted by atomic mass is 10.0. The van der Waals surface area contributed by atoms with Crippen LogP contribution in [0.15, 0.2) is 12.3 Å². The molecule has 7 nitrogen and oxygen atoms in total. The van der Waals surface area contributed by atoms with Crippen LogP contribution < -0.4 is 0 Å². The normalized spacial score (nSPS) is 26.1. The van der Waals surface area contributed by atoms with Crippen LogP contribution in [0.3, 0.4) is 0 Å². The number of hydrogen-bond donors (Lipinski definition) is 1. The number of morpholine rings is 1. The summed E-state index contributed by atoms with van der Waals surface area (Å²) in [5.74, 6) is 0.0437. The number of aromatic amines is 1. The number of H-pyrrole nitrogens is 1. The molecule has 0 bridgehead atoms. The molecule has 2 aliphatic heterocycles. The van der Waals surface area contributed by atoms with Gasteiger partial charge in [0.15, 0.2) is 0 Å². The van der Waals surface area contributed by atoms with Gasteiger partial charge in [-0.3, -0.25) is 14.7 Å². The molecule has 7 heteroatoms. The molecule has 2 atom stereocenters. The second-order valence-corrected chi connectivity index (χ2v) is 5.53. The summed E-state index contributed by atoms with van der Waals surface area (Å²) in [6, 6.07) is 1.76. The summed E-state index contributed by atoms with van der Waals surface area (Å²) in [5, 5.41) is 6.53. The topological polar surface area (TPSA) is 78.5 Å². The molecule has 114 valence electrons. The first-order valence-corrected chi connectivity index (χ1v) is 7.34. The number of amides is 2. The van der Waals surface area contributed by atoms with Crippen molar-refractivity contribution in [1.82, 2.24) is 20.0 Å². The maximum Gasteiger partial charge on any atom is 0.271 e. The van der Waals surface area contributed by atoms with Crippen LogP contribution >= 0.6 is 0 Å². The number of likely N-dealkylation sites (tertiary alicyclic amines) is 1. The number of carbonyl (C=O) groups excluding carboxylic acids is 2. The summed E-state index contributed by atoms with van der Waals surface area (Å²) >= 11 is 0. The number of rotatable bonds is 1. The number of fused-ring (bicyclic) bond motifs is 1. The molecule has 0 saturated carbocycles. The smallest absolute Gasteiger partial charge is 0.271 e. The largest absolute Gasteiger partial charge is 0.374 e. The van der Waals surface area contributed by atoms with E-state index in [0.717, 1.165) is 12.8 Å². The Labute approximate surface area is 123 Å². The molecule has 21 heavy (non-hydrogen) atoms. The lowest BCUT2D eigenvalue weighted by Crippen LogP contribution is -2.52. The number of nitrogens with zero attached hydrogens (tertiary/aromatic N) is 3. The Bertz CT molecular complexity index is 516. The standard InChI is InChI=1S/C14H20N4O3/c1-10(19)18-8-9-21-13-4-7-17(6-3-12(13)18)14(20)11-2-5-15-16-11/h2,5,12-13H,3-4,6-9H2,1H3,(H,15,16)/t12-,13+/m0/s1. The molecule has 2 saturated heterocycles. The van der Waals surface area contributed by atoms with E-state index in [1.807, 2.05) is 9.80 Å². The fourth-order valence-electron chi connectivity index (χ4n) is 3.22. The van der Waals surface area contributed by atoms with Gasteiger partial charge in [-0.1, -0.05) is 0 Å². The minimum Gasteiger partial charge on any atom is -0.374 e. The third-order valence-corrected chi connectivity index (χ3v) is 4.29. The summed E-state index contributed by atoms with van der Waals surface area (Å²) in [6.07, 6.45) is 3.12. The van der Waals surface area contributed by atoms with E-state index in [-0.39, 0.29) is 24.0 Å². The van der Waals surface area contributed by atoms with Gasteiger partial charge in [-0.25, -0.2) is 0 Å². The second kappa shape index (κ2) is 5.85. The first-order chi connectivity index (χ1) is 10.2. The quantitative estimate of drug-likeness (QED) is 0.805.